The maximum Gasteiger partial charge on any atom is 0.226 e. The minimum absolute atomic E-state index is 0.200. The topological polar surface area (TPSA) is 29.5 Å². The summed E-state index contributed by atoms with van der Waals surface area (Å²) in [4.78, 5) is 13.9. The molecule has 1 rings (SSSR count). The van der Waals surface area contributed by atoms with Crippen molar-refractivity contribution in [1.29, 1.82) is 0 Å². The van der Waals surface area contributed by atoms with Gasteiger partial charge in [-0.2, -0.15) is 0 Å². The van der Waals surface area contributed by atoms with E-state index in [0.717, 1.165) is 19.4 Å². The van der Waals surface area contributed by atoms with Gasteiger partial charge in [-0.05, 0) is 40.5 Å². The van der Waals surface area contributed by atoms with Gasteiger partial charge >= 0.3 is 0 Å². The van der Waals surface area contributed by atoms with Gasteiger partial charge in [0.1, 0.15) is 0 Å². The number of amides is 1. The molecule has 1 amide bonds. The summed E-state index contributed by atoms with van der Waals surface area (Å²) in [5.41, 5.74) is 0. The molecule has 0 aromatic carbocycles. The van der Waals surface area contributed by atoms with Crippen LogP contribution in [0.25, 0.3) is 0 Å². The molecule has 0 bridgehead atoms. The lowest BCUT2D eigenvalue weighted by Crippen LogP contribution is -2.33. The number of likely N-dealkylation sites (tertiary alicyclic amines) is 1. The number of carbonyl (C=O) groups is 1. The predicted molar refractivity (Wildman–Crippen MR) is 60.7 cm³/mol. The molecule has 1 saturated heterocycles. The summed E-state index contributed by atoms with van der Waals surface area (Å²) in [5, 5.41) is 0. The normalized spacial score (nSPS) is 22.1. The Morgan fingerprint density at radius 3 is 2.53 bits per heavy atom. The molecule has 0 aliphatic carbocycles. The van der Waals surface area contributed by atoms with Crippen LogP contribution in [0.15, 0.2) is 0 Å². The Morgan fingerprint density at radius 2 is 2.07 bits per heavy atom. The molecule has 1 heterocycles. The fourth-order valence-corrected chi connectivity index (χ4v) is 1.99. The molecule has 3 nitrogen and oxygen atoms in total. The van der Waals surface area contributed by atoms with Gasteiger partial charge in [-0.25, -0.2) is 0 Å². The third kappa shape index (κ3) is 3.49. The maximum atomic E-state index is 11.9. The van der Waals surface area contributed by atoms with Crippen molar-refractivity contribution in [3.63, 3.8) is 0 Å². The predicted octanol–water partition coefficient (Wildman–Crippen LogP) is 2.06. The number of hydrogen-bond donors (Lipinski definition) is 0. The molecule has 15 heavy (non-hydrogen) atoms. The second-order valence-corrected chi connectivity index (χ2v) is 4.82. The van der Waals surface area contributed by atoms with Gasteiger partial charge in [0.25, 0.3) is 0 Å². The van der Waals surface area contributed by atoms with E-state index in [1.807, 2.05) is 18.7 Å². The highest BCUT2D eigenvalue weighted by Crippen LogP contribution is 2.23. The van der Waals surface area contributed by atoms with Gasteiger partial charge in [0.2, 0.25) is 5.91 Å². The maximum absolute atomic E-state index is 11.9. The highest BCUT2D eigenvalue weighted by atomic mass is 16.5. The first kappa shape index (κ1) is 12.5. The molecule has 1 fully saturated rings. The number of ether oxygens (including phenoxy) is 1. The third-order valence-corrected chi connectivity index (χ3v) is 2.89. The molecular weight excluding hydrogens is 190 g/mol. The molecule has 0 radical (unpaired) electrons. The van der Waals surface area contributed by atoms with Crippen LogP contribution in [0.3, 0.4) is 0 Å². The highest BCUT2D eigenvalue weighted by Gasteiger charge is 2.32. The average molecular weight is 213 g/mol. The van der Waals surface area contributed by atoms with E-state index in [4.69, 9.17) is 4.74 Å². The number of hydrogen-bond acceptors (Lipinski definition) is 2. The molecule has 3 heteroatoms. The molecule has 0 spiro atoms. The molecule has 88 valence electrons. The van der Waals surface area contributed by atoms with Gasteiger partial charge in [0, 0.05) is 25.1 Å². The number of nitrogens with zero attached hydrogens (tertiary/aromatic N) is 1. The summed E-state index contributed by atoms with van der Waals surface area (Å²) in [6.07, 6.45) is 2.14. The third-order valence-electron chi connectivity index (χ3n) is 2.89. The zero-order valence-electron chi connectivity index (χ0n) is 10.3. The van der Waals surface area contributed by atoms with Crippen molar-refractivity contribution in [2.75, 3.05) is 13.2 Å². The van der Waals surface area contributed by atoms with Crippen molar-refractivity contribution < 1.29 is 9.53 Å². The minimum atomic E-state index is 0.200. The van der Waals surface area contributed by atoms with E-state index in [-0.39, 0.29) is 12.0 Å². The fraction of sp³-hybridized carbons (Fsp3) is 0.917. The molecule has 0 saturated carbocycles. The van der Waals surface area contributed by atoms with Gasteiger partial charge < -0.3 is 9.64 Å². The Bertz CT molecular complexity index is 214. The fourth-order valence-electron chi connectivity index (χ4n) is 1.99. The van der Waals surface area contributed by atoms with Crippen LogP contribution in [0.2, 0.25) is 0 Å². The van der Waals surface area contributed by atoms with Crippen LogP contribution >= 0.6 is 0 Å². The van der Waals surface area contributed by atoms with Crippen LogP contribution < -0.4 is 0 Å². The molecular formula is C12H23NO2. The second kappa shape index (κ2) is 5.50. The van der Waals surface area contributed by atoms with E-state index in [2.05, 4.69) is 13.8 Å². The van der Waals surface area contributed by atoms with Crippen LogP contribution in [0, 0.1) is 5.92 Å². The SMILES string of the molecule is CC(C)OCCC1CCN(C(C)C)C1=O. The lowest BCUT2D eigenvalue weighted by Gasteiger charge is -2.21. The number of carbonyl (C=O) groups excluding carboxylic acids is 1. The second-order valence-electron chi connectivity index (χ2n) is 4.82. The lowest BCUT2D eigenvalue weighted by molar-refractivity contribution is -0.132. The van der Waals surface area contributed by atoms with E-state index in [9.17, 15) is 4.79 Å². The zero-order valence-corrected chi connectivity index (χ0v) is 10.3. The summed E-state index contributed by atoms with van der Waals surface area (Å²) < 4.78 is 5.48. The first-order valence-corrected chi connectivity index (χ1v) is 5.94. The van der Waals surface area contributed by atoms with Crippen LogP contribution in [-0.4, -0.2) is 36.1 Å². The van der Waals surface area contributed by atoms with Crippen LogP contribution in [0.5, 0.6) is 0 Å². The zero-order chi connectivity index (χ0) is 11.4. The summed E-state index contributed by atoms with van der Waals surface area (Å²) >= 11 is 0. The Morgan fingerprint density at radius 1 is 1.40 bits per heavy atom. The molecule has 1 unspecified atom stereocenters. The van der Waals surface area contributed by atoms with E-state index in [1.165, 1.54) is 0 Å². The Hall–Kier alpha value is -0.570. The van der Waals surface area contributed by atoms with E-state index >= 15 is 0 Å². The van der Waals surface area contributed by atoms with Crippen LogP contribution in [0.4, 0.5) is 0 Å². The largest absolute Gasteiger partial charge is 0.379 e. The van der Waals surface area contributed by atoms with Crippen molar-refractivity contribution >= 4 is 5.91 Å². The van der Waals surface area contributed by atoms with E-state index in [0.29, 0.717) is 18.6 Å². The summed E-state index contributed by atoms with van der Waals surface area (Å²) in [6.45, 7) is 9.83. The van der Waals surface area contributed by atoms with Crippen molar-refractivity contribution in [3.8, 4) is 0 Å². The van der Waals surface area contributed by atoms with Gasteiger partial charge in [-0.1, -0.05) is 0 Å². The van der Waals surface area contributed by atoms with E-state index < -0.39 is 0 Å². The summed E-state index contributed by atoms with van der Waals surface area (Å²) in [5.74, 6) is 0.517. The van der Waals surface area contributed by atoms with Gasteiger partial charge in [0.15, 0.2) is 0 Å². The van der Waals surface area contributed by atoms with Crippen molar-refractivity contribution in [1.82, 2.24) is 4.90 Å². The standard InChI is InChI=1S/C12H23NO2/c1-9(2)13-7-5-11(12(13)14)6-8-15-10(3)4/h9-11H,5-8H2,1-4H3. The van der Waals surface area contributed by atoms with E-state index in [1.54, 1.807) is 0 Å². The highest BCUT2D eigenvalue weighted by molar-refractivity contribution is 5.81. The Balaban J connectivity index is 2.30. The summed E-state index contributed by atoms with van der Waals surface area (Å²) in [7, 11) is 0. The first-order valence-electron chi connectivity index (χ1n) is 5.94. The lowest BCUT2D eigenvalue weighted by atomic mass is 10.1. The average Bonchev–Trinajstić information content (AvgIpc) is 2.47. The van der Waals surface area contributed by atoms with Gasteiger partial charge in [-0.15, -0.1) is 0 Å². The minimum Gasteiger partial charge on any atom is -0.379 e. The van der Waals surface area contributed by atoms with Crippen LogP contribution in [-0.2, 0) is 9.53 Å². The Kier molecular flexibility index (Phi) is 4.58. The molecule has 1 atom stereocenters. The molecule has 0 aromatic rings. The summed E-state index contributed by atoms with van der Waals surface area (Å²) in [6, 6.07) is 0.341. The molecule has 1 aliphatic rings. The van der Waals surface area contributed by atoms with Gasteiger partial charge in [-0.3, -0.25) is 4.79 Å². The number of rotatable bonds is 5. The Labute approximate surface area is 92.8 Å². The quantitative estimate of drug-likeness (QED) is 0.699. The molecule has 0 N–H and O–H groups in total. The van der Waals surface area contributed by atoms with Gasteiger partial charge in [0.05, 0.1) is 6.10 Å². The molecule has 0 aromatic heterocycles. The van der Waals surface area contributed by atoms with Crippen molar-refractivity contribution in [2.24, 2.45) is 5.92 Å². The first-order chi connectivity index (χ1) is 7.02. The van der Waals surface area contributed by atoms with Crippen molar-refractivity contribution in [3.05, 3.63) is 0 Å². The monoisotopic (exact) mass is 213 g/mol. The van der Waals surface area contributed by atoms with Crippen molar-refractivity contribution in [2.45, 2.75) is 52.7 Å². The molecule has 1 aliphatic heterocycles. The smallest absolute Gasteiger partial charge is 0.226 e. The van der Waals surface area contributed by atoms with Crippen LogP contribution in [0.1, 0.15) is 40.5 Å².